The molecule has 0 saturated carbocycles. The highest BCUT2D eigenvalue weighted by Crippen LogP contribution is 2.25. The summed E-state index contributed by atoms with van der Waals surface area (Å²) < 4.78 is 30.9. The van der Waals surface area contributed by atoms with Crippen LogP contribution in [0.5, 0.6) is 0 Å². The van der Waals surface area contributed by atoms with Gasteiger partial charge in [-0.25, -0.2) is 8.42 Å². The number of sulfonamides is 1. The Hall–Kier alpha value is -1.60. The SMILES string of the molecule is CC(C)c1ccc(C(=O)N2CCOCC2)c(NS(C)(=O)=O)c1. The zero-order valence-electron chi connectivity index (χ0n) is 13.1. The van der Waals surface area contributed by atoms with E-state index in [1.807, 2.05) is 19.9 Å². The van der Waals surface area contributed by atoms with Crippen molar-refractivity contribution in [3.05, 3.63) is 29.3 Å². The molecule has 2 rings (SSSR count). The highest BCUT2D eigenvalue weighted by molar-refractivity contribution is 7.92. The number of carbonyl (C=O) groups excluding carboxylic acids is 1. The van der Waals surface area contributed by atoms with E-state index in [1.165, 1.54) is 0 Å². The number of anilines is 1. The Balaban J connectivity index is 2.38. The van der Waals surface area contributed by atoms with E-state index in [0.717, 1.165) is 11.8 Å². The monoisotopic (exact) mass is 326 g/mol. The molecule has 1 aliphatic heterocycles. The van der Waals surface area contributed by atoms with Crippen LogP contribution >= 0.6 is 0 Å². The smallest absolute Gasteiger partial charge is 0.256 e. The number of benzene rings is 1. The molecule has 0 aromatic heterocycles. The summed E-state index contributed by atoms with van der Waals surface area (Å²) in [6.07, 6.45) is 1.08. The summed E-state index contributed by atoms with van der Waals surface area (Å²) in [6.45, 7) is 6.08. The fraction of sp³-hybridized carbons (Fsp3) is 0.533. The Bertz CT molecular complexity index is 650. The van der Waals surface area contributed by atoms with Gasteiger partial charge >= 0.3 is 0 Å². The average molecular weight is 326 g/mol. The number of rotatable bonds is 4. The van der Waals surface area contributed by atoms with Crippen LogP contribution in [-0.4, -0.2) is 51.8 Å². The molecular weight excluding hydrogens is 304 g/mol. The first kappa shape index (κ1) is 16.8. The number of ether oxygens (including phenoxy) is 1. The highest BCUT2D eigenvalue weighted by Gasteiger charge is 2.22. The van der Waals surface area contributed by atoms with Crippen LogP contribution in [0.4, 0.5) is 5.69 Å². The molecule has 1 aliphatic rings. The minimum absolute atomic E-state index is 0.176. The largest absolute Gasteiger partial charge is 0.378 e. The lowest BCUT2D eigenvalue weighted by atomic mass is 10.00. The molecule has 6 nitrogen and oxygen atoms in total. The van der Waals surface area contributed by atoms with Gasteiger partial charge in [-0.1, -0.05) is 19.9 Å². The zero-order chi connectivity index (χ0) is 16.3. The van der Waals surface area contributed by atoms with E-state index >= 15 is 0 Å². The first-order valence-electron chi connectivity index (χ1n) is 7.26. The summed E-state index contributed by atoms with van der Waals surface area (Å²) in [5.41, 5.74) is 1.69. The molecule has 1 fully saturated rings. The molecule has 22 heavy (non-hydrogen) atoms. The Morgan fingerprint density at radius 3 is 2.45 bits per heavy atom. The number of nitrogens with zero attached hydrogens (tertiary/aromatic N) is 1. The Morgan fingerprint density at radius 1 is 1.27 bits per heavy atom. The molecule has 7 heteroatoms. The molecular formula is C15H22N2O4S. The molecule has 1 saturated heterocycles. The predicted molar refractivity (Wildman–Crippen MR) is 85.7 cm³/mol. The fourth-order valence-corrected chi connectivity index (χ4v) is 2.90. The molecule has 1 N–H and O–H groups in total. The lowest BCUT2D eigenvalue weighted by Gasteiger charge is -2.27. The van der Waals surface area contributed by atoms with Gasteiger partial charge < -0.3 is 9.64 Å². The van der Waals surface area contributed by atoms with Gasteiger partial charge in [-0.2, -0.15) is 0 Å². The zero-order valence-corrected chi connectivity index (χ0v) is 13.9. The van der Waals surface area contributed by atoms with Crippen molar-refractivity contribution in [3.63, 3.8) is 0 Å². The van der Waals surface area contributed by atoms with E-state index in [4.69, 9.17) is 4.74 Å². The van der Waals surface area contributed by atoms with Crippen molar-refractivity contribution >= 4 is 21.6 Å². The van der Waals surface area contributed by atoms with E-state index in [-0.39, 0.29) is 11.8 Å². The Labute approximate surface area is 131 Å². The quantitative estimate of drug-likeness (QED) is 0.913. The van der Waals surface area contributed by atoms with Gasteiger partial charge in [-0.3, -0.25) is 9.52 Å². The van der Waals surface area contributed by atoms with Gasteiger partial charge in [0, 0.05) is 13.1 Å². The van der Waals surface area contributed by atoms with Gasteiger partial charge in [0.1, 0.15) is 0 Å². The molecule has 0 unspecified atom stereocenters. The number of morpholine rings is 1. The third kappa shape index (κ3) is 4.20. The first-order chi connectivity index (χ1) is 10.3. The maximum absolute atomic E-state index is 12.6. The number of amides is 1. The van der Waals surface area contributed by atoms with Gasteiger partial charge in [0.25, 0.3) is 5.91 Å². The van der Waals surface area contributed by atoms with E-state index in [1.54, 1.807) is 17.0 Å². The normalized spacial score (nSPS) is 15.9. The van der Waals surface area contributed by atoms with Gasteiger partial charge in [-0.15, -0.1) is 0 Å². The van der Waals surface area contributed by atoms with Crippen LogP contribution in [0.3, 0.4) is 0 Å². The third-order valence-electron chi connectivity index (χ3n) is 3.53. The summed E-state index contributed by atoms with van der Waals surface area (Å²) in [7, 11) is -3.45. The minimum atomic E-state index is -3.45. The van der Waals surface area contributed by atoms with Crippen molar-refractivity contribution in [3.8, 4) is 0 Å². The molecule has 0 radical (unpaired) electrons. The highest BCUT2D eigenvalue weighted by atomic mass is 32.2. The summed E-state index contributed by atoms with van der Waals surface area (Å²) in [5, 5.41) is 0. The molecule has 1 amide bonds. The maximum atomic E-state index is 12.6. The van der Waals surface area contributed by atoms with E-state index in [9.17, 15) is 13.2 Å². The van der Waals surface area contributed by atoms with E-state index in [2.05, 4.69) is 4.72 Å². The van der Waals surface area contributed by atoms with Gasteiger partial charge in [0.2, 0.25) is 10.0 Å². The van der Waals surface area contributed by atoms with E-state index in [0.29, 0.717) is 37.6 Å². The predicted octanol–water partition coefficient (Wildman–Crippen LogP) is 1.65. The van der Waals surface area contributed by atoms with Crippen LogP contribution in [0.15, 0.2) is 18.2 Å². The molecule has 1 aromatic carbocycles. The lowest BCUT2D eigenvalue weighted by Crippen LogP contribution is -2.41. The second-order valence-electron chi connectivity index (χ2n) is 5.74. The van der Waals surface area contributed by atoms with Crippen LogP contribution in [0.25, 0.3) is 0 Å². The number of nitrogens with one attached hydrogen (secondary N) is 1. The van der Waals surface area contributed by atoms with Crippen molar-refractivity contribution in [2.45, 2.75) is 19.8 Å². The summed E-state index contributed by atoms with van der Waals surface area (Å²) in [4.78, 5) is 14.3. The van der Waals surface area contributed by atoms with Crippen molar-refractivity contribution in [2.75, 3.05) is 37.3 Å². The lowest BCUT2D eigenvalue weighted by molar-refractivity contribution is 0.0303. The molecule has 0 spiro atoms. The van der Waals surface area contributed by atoms with Gasteiger partial charge in [0.05, 0.1) is 30.7 Å². The van der Waals surface area contributed by atoms with Crippen molar-refractivity contribution in [1.29, 1.82) is 0 Å². The topological polar surface area (TPSA) is 75.7 Å². The Morgan fingerprint density at radius 2 is 1.91 bits per heavy atom. The van der Waals surface area contributed by atoms with E-state index < -0.39 is 10.0 Å². The Kier molecular flexibility index (Phi) is 5.08. The molecule has 0 aliphatic carbocycles. The van der Waals surface area contributed by atoms with Crippen LogP contribution < -0.4 is 4.72 Å². The third-order valence-corrected chi connectivity index (χ3v) is 4.13. The van der Waals surface area contributed by atoms with Gasteiger partial charge in [-0.05, 0) is 23.6 Å². The molecule has 1 heterocycles. The summed E-state index contributed by atoms with van der Waals surface area (Å²) >= 11 is 0. The number of hydrogen-bond acceptors (Lipinski definition) is 4. The van der Waals surface area contributed by atoms with Crippen LogP contribution in [0.2, 0.25) is 0 Å². The van der Waals surface area contributed by atoms with Crippen molar-refractivity contribution < 1.29 is 17.9 Å². The number of carbonyl (C=O) groups is 1. The second-order valence-corrected chi connectivity index (χ2v) is 7.49. The second kappa shape index (κ2) is 6.66. The average Bonchev–Trinajstić information content (AvgIpc) is 2.45. The number of hydrogen-bond donors (Lipinski definition) is 1. The fourth-order valence-electron chi connectivity index (χ4n) is 2.33. The standard InChI is InChI=1S/C15H22N2O4S/c1-11(2)12-4-5-13(14(10-12)16-22(3,19)20)15(18)17-6-8-21-9-7-17/h4-5,10-11,16H,6-9H2,1-3H3. The van der Waals surface area contributed by atoms with Crippen LogP contribution in [0.1, 0.15) is 35.7 Å². The van der Waals surface area contributed by atoms with Crippen LogP contribution in [-0.2, 0) is 14.8 Å². The molecule has 122 valence electrons. The molecule has 0 atom stereocenters. The van der Waals surface area contributed by atoms with Gasteiger partial charge in [0.15, 0.2) is 0 Å². The molecule has 0 bridgehead atoms. The molecule has 1 aromatic rings. The first-order valence-corrected chi connectivity index (χ1v) is 9.16. The van der Waals surface area contributed by atoms with Crippen LogP contribution in [0, 0.1) is 0 Å². The minimum Gasteiger partial charge on any atom is -0.378 e. The summed E-state index contributed by atoms with van der Waals surface area (Å²) in [6, 6.07) is 5.30. The van der Waals surface area contributed by atoms with Crippen molar-refractivity contribution in [1.82, 2.24) is 4.90 Å². The van der Waals surface area contributed by atoms with Crippen molar-refractivity contribution in [2.24, 2.45) is 0 Å². The maximum Gasteiger partial charge on any atom is 0.256 e. The summed E-state index contributed by atoms with van der Waals surface area (Å²) in [5.74, 6) is 0.0670.